The zero-order valence-corrected chi connectivity index (χ0v) is 11.4. The molecule has 3 nitrogen and oxygen atoms in total. The molecule has 1 unspecified atom stereocenters. The summed E-state index contributed by atoms with van der Waals surface area (Å²) in [6.45, 7) is 1.41. The van der Waals surface area contributed by atoms with E-state index in [0.29, 0.717) is 6.54 Å². The highest BCUT2D eigenvalue weighted by Crippen LogP contribution is 2.34. The van der Waals surface area contributed by atoms with Gasteiger partial charge in [-0.15, -0.1) is 0 Å². The van der Waals surface area contributed by atoms with Crippen LogP contribution in [0.1, 0.15) is 24.0 Å². The van der Waals surface area contributed by atoms with Gasteiger partial charge in [-0.05, 0) is 36.6 Å². The Morgan fingerprint density at radius 2 is 2.15 bits per heavy atom. The van der Waals surface area contributed by atoms with Gasteiger partial charge in [0.1, 0.15) is 0 Å². The number of hydrogen-bond acceptors (Lipinski definition) is 3. The van der Waals surface area contributed by atoms with Crippen LogP contribution in [0.25, 0.3) is 0 Å². The van der Waals surface area contributed by atoms with Crippen molar-refractivity contribution < 1.29 is 17.9 Å². The van der Waals surface area contributed by atoms with Crippen molar-refractivity contribution in [2.75, 3.05) is 25.1 Å². The molecule has 1 aliphatic rings. The molecule has 1 aromatic carbocycles. The topological polar surface area (TPSA) is 38.5 Å². The zero-order valence-electron chi connectivity index (χ0n) is 11.4. The molecule has 1 aliphatic heterocycles. The molecular weight excluding hydrogens is 269 g/mol. The fourth-order valence-corrected chi connectivity index (χ4v) is 2.59. The average Bonchev–Trinajstić information content (AvgIpc) is 2.45. The standard InChI is InChI=1S/C14H19F3N2O/c1-20-12-3-2-6-19(9-12)11-4-5-13(14(15,16)17)10(7-11)8-18/h4-5,7,12H,2-3,6,8-9,18H2,1H3. The first-order chi connectivity index (χ1) is 9.45. The van der Waals surface area contributed by atoms with Gasteiger partial charge in [0, 0.05) is 32.4 Å². The van der Waals surface area contributed by atoms with Crippen LogP contribution >= 0.6 is 0 Å². The molecule has 2 N–H and O–H groups in total. The summed E-state index contributed by atoms with van der Waals surface area (Å²) in [6.07, 6.45) is -2.27. The number of methoxy groups -OCH3 is 1. The first kappa shape index (κ1) is 15.1. The molecule has 0 radical (unpaired) electrons. The fraction of sp³-hybridized carbons (Fsp3) is 0.571. The first-order valence-corrected chi connectivity index (χ1v) is 6.63. The highest BCUT2D eigenvalue weighted by Gasteiger charge is 2.33. The lowest BCUT2D eigenvalue weighted by Crippen LogP contribution is -2.39. The van der Waals surface area contributed by atoms with Crippen LogP contribution < -0.4 is 10.6 Å². The van der Waals surface area contributed by atoms with Gasteiger partial charge in [-0.1, -0.05) is 0 Å². The van der Waals surface area contributed by atoms with E-state index in [1.54, 1.807) is 13.2 Å². The van der Waals surface area contributed by atoms with Crippen molar-refractivity contribution in [3.05, 3.63) is 29.3 Å². The van der Waals surface area contributed by atoms with E-state index in [9.17, 15) is 13.2 Å². The molecule has 0 aliphatic carbocycles. The number of anilines is 1. The summed E-state index contributed by atoms with van der Waals surface area (Å²) in [4.78, 5) is 2.05. The van der Waals surface area contributed by atoms with Gasteiger partial charge in [0.15, 0.2) is 0 Å². The normalized spacial score (nSPS) is 20.2. The van der Waals surface area contributed by atoms with Crippen LogP contribution in [0.4, 0.5) is 18.9 Å². The van der Waals surface area contributed by atoms with E-state index in [2.05, 4.69) is 4.90 Å². The molecule has 1 heterocycles. The molecule has 6 heteroatoms. The second kappa shape index (κ2) is 6.01. The van der Waals surface area contributed by atoms with E-state index >= 15 is 0 Å². The minimum Gasteiger partial charge on any atom is -0.380 e. The van der Waals surface area contributed by atoms with E-state index < -0.39 is 11.7 Å². The van der Waals surface area contributed by atoms with Crippen LogP contribution in [0.5, 0.6) is 0 Å². The average molecular weight is 288 g/mol. The van der Waals surface area contributed by atoms with Crippen LogP contribution in [0.15, 0.2) is 18.2 Å². The lowest BCUT2D eigenvalue weighted by molar-refractivity contribution is -0.138. The predicted molar refractivity (Wildman–Crippen MR) is 71.6 cm³/mol. The molecule has 0 amide bonds. The van der Waals surface area contributed by atoms with Gasteiger partial charge in [-0.3, -0.25) is 0 Å². The second-order valence-electron chi connectivity index (χ2n) is 4.99. The molecule has 1 saturated heterocycles. The highest BCUT2D eigenvalue weighted by atomic mass is 19.4. The Labute approximate surface area is 116 Å². The van der Waals surface area contributed by atoms with Crippen molar-refractivity contribution in [2.24, 2.45) is 5.73 Å². The minimum atomic E-state index is -4.36. The number of piperidine rings is 1. The lowest BCUT2D eigenvalue weighted by Gasteiger charge is -2.34. The Balaban J connectivity index is 2.25. The summed E-state index contributed by atoms with van der Waals surface area (Å²) in [5.41, 5.74) is 5.72. The third-order valence-corrected chi connectivity index (χ3v) is 3.69. The Morgan fingerprint density at radius 1 is 1.40 bits per heavy atom. The molecule has 0 bridgehead atoms. The Hall–Kier alpha value is -1.27. The summed E-state index contributed by atoms with van der Waals surface area (Å²) < 4.78 is 43.8. The van der Waals surface area contributed by atoms with Crippen LogP contribution in [-0.2, 0) is 17.5 Å². The molecule has 20 heavy (non-hydrogen) atoms. The summed E-state index contributed by atoms with van der Waals surface area (Å²) >= 11 is 0. The maximum Gasteiger partial charge on any atom is 0.416 e. The number of nitrogens with two attached hydrogens (primary N) is 1. The molecule has 112 valence electrons. The van der Waals surface area contributed by atoms with Crippen molar-refractivity contribution in [1.29, 1.82) is 0 Å². The van der Waals surface area contributed by atoms with Crippen molar-refractivity contribution in [3.63, 3.8) is 0 Å². The molecule has 0 saturated carbocycles. The number of alkyl halides is 3. The Bertz CT molecular complexity index is 462. The van der Waals surface area contributed by atoms with E-state index in [4.69, 9.17) is 10.5 Å². The van der Waals surface area contributed by atoms with Gasteiger partial charge >= 0.3 is 6.18 Å². The van der Waals surface area contributed by atoms with Crippen molar-refractivity contribution >= 4 is 5.69 Å². The van der Waals surface area contributed by atoms with Gasteiger partial charge in [0.25, 0.3) is 0 Å². The molecule has 0 aromatic heterocycles. The number of ether oxygens (including phenoxy) is 1. The van der Waals surface area contributed by atoms with E-state index in [1.807, 2.05) is 0 Å². The predicted octanol–water partition coefficient (Wildman–Crippen LogP) is 2.78. The van der Waals surface area contributed by atoms with Crippen molar-refractivity contribution in [2.45, 2.75) is 31.7 Å². The van der Waals surface area contributed by atoms with Gasteiger partial charge in [0.05, 0.1) is 11.7 Å². The molecule has 1 atom stereocenters. The van der Waals surface area contributed by atoms with Crippen LogP contribution in [0.3, 0.4) is 0 Å². The number of nitrogens with zero attached hydrogens (tertiary/aromatic N) is 1. The molecule has 1 fully saturated rings. The molecule has 0 spiro atoms. The maximum atomic E-state index is 12.8. The highest BCUT2D eigenvalue weighted by molar-refractivity contribution is 5.52. The third kappa shape index (κ3) is 3.24. The van der Waals surface area contributed by atoms with Crippen LogP contribution in [0, 0.1) is 0 Å². The monoisotopic (exact) mass is 288 g/mol. The summed E-state index contributed by atoms with van der Waals surface area (Å²) in [5, 5.41) is 0. The van der Waals surface area contributed by atoms with Gasteiger partial charge in [0.2, 0.25) is 0 Å². The quantitative estimate of drug-likeness (QED) is 0.929. The number of rotatable bonds is 3. The van der Waals surface area contributed by atoms with Crippen LogP contribution in [0.2, 0.25) is 0 Å². The summed E-state index contributed by atoms with van der Waals surface area (Å²) in [7, 11) is 1.66. The largest absolute Gasteiger partial charge is 0.416 e. The Kier molecular flexibility index (Phi) is 4.55. The van der Waals surface area contributed by atoms with Crippen LogP contribution in [-0.4, -0.2) is 26.3 Å². The Morgan fingerprint density at radius 3 is 2.75 bits per heavy atom. The summed E-state index contributed by atoms with van der Waals surface area (Å²) in [6, 6.07) is 4.18. The van der Waals surface area contributed by atoms with E-state index in [-0.39, 0.29) is 18.2 Å². The summed E-state index contributed by atoms with van der Waals surface area (Å²) in [5.74, 6) is 0. The third-order valence-electron chi connectivity index (χ3n) is 3.69. The van der Waals surface area contributed by atoms with Gasteiger partial charge in [-0.25, -0.2) is 0 Å². The SMILES string of the molecule is COC1CCCN(c2ccc(C(F)(F)F)c(CN)c2)C1. The minimum absolute atomic E-state index is 0.121. The second-order valence-corrected chi connectivity index (χ2v) is 4.99. The molecule has 2 rings (SSSR count). The fourth-order valence-electron chi connectivity index (χ4n) is 2.59. The first-order valence-electron chi connectivity index (χ1n) is 6.63. The van der Waals surface area contributed by atoms with E-state index in [1.165, 1.54) is 6.07 Å². The number of benzene rings is 1. The van der Waals surface area contributed by atoms with E-state index in [0.717, 1.165) is 31.1 Å². The number of halogens is 3. The van der Waals surface area contributed by atoms with Crippen molar-refractivity contribution in [1.82, 2.24) is 0 Å². The smallest absolute Gasteiger partial charge is 0.380 e. The zero-order chi connectivity index (χ0) is 14.8. The van der Waals surface area contributed by atoms with Crippen molar-refractivity contribution in [3.8, 4) is 0 Å². The maximum absolute atomic E-state index is 12.8. The molecule has 1 aromatic rings. The van der Waals surface area contributed by atoms with Gasteiger partial charge in [-0.2, -0.15) is 13.2 Å². The molecular formula is C14H19F3N2O. The van der Waals surface area contributed by atoms with Gasteiger partial charge < -0.3 is 15.4 Å². The number of hydrogen-bond donors (Lipinski definition) is 1. The lowest BCUT2D eigenvalue weighted by atomic mass is 10.0.